The highest BCUT2D eigenvalue weighted by molar-refractivity contribution is 5.92. The second-order valence-electron chi connectivity index (χ2n) is 10.00. The minimum Gasteiger partial charge on any atom is -0.354 e. The van der Waals surface area contributed by atoms with Crippen LogP contribution in [0.15, 0.2) is 28.4 Å². The second-order valence-corrected chi connectivity index (χ2v) is 10.00. The number of hydrogen-bond donors (Lipinski definition) is 0. The average Bonchev–Trinajstić information content (AvgIpc) is 3.18. The number of ketones is 1. The van der Waals surface area contributed by atoms with Crippen molar-refractivity contribution in [2.45, 2.75) is 76.9 Å². The first kappa shape index (κ1) is 18.1. The van der Waals surface area contributed by atoms with Crippen LogP contribution in [0.3, 0.4) is 0 Å². The van der Waals surface area contributed by atoms with E-state index in [1.54, 1.807) is 6.92 Å². The van der Waals surface area contributed by atoms with E-state index in [4.69, 9.17) is 10.3 Å². The Bertz CT molecular complexity index is 916. The summed E-state index contributed by atoms with van der Waals surface area (Å²) in [6, 6.07) is 0. The van der Waals surface area contributed by atoms with Gasteiger partial charge in [0.15, 0.2) is 11.4 Å². The maximum Gasteiger partial charge on any atom is 0.253 e. The van der Waals surface area contributed by atoms with Crippen LogP contribution in [0.25, 0.3) is 10.4 Å². The topological polar surface area (TPSA) is 95.4 Å². The molecule has 6 atom stereocenters. The number of ether oxygens (including phenoxy) is 1. The molecule has 0 unspecified atom stereocenters. The lowest BCUT2D eigenvalue weighted by atomic mass is 9.50. The fourth-order valence-corrected chi connectivity index (χ4v) is 7.48. The predicted molar refractivity (Wildman–Crippen MR) is 103 cm³/mol. The lowest BCUT2D eigenvalue weighted by molar-refractivity contribution is -0.122. The molecule has 0 N–H and O–H groups in total. The van der Waals surface area contributed by atoms with Gasteiger partial charge in [0, 0.05) is 22.2 Å². The van der Waals surface area contributed by atoms with E-state index < -0.39 is 17.1 Å². The van der Waals surface area contributed by atoms with Gasteiger partial charge in [-0.2, -0.15) is 0 Å². The van der Waals surface area contributed by atoms with Gasteiger partial charge in [-0.15, -0.1) is 0 Å². The molecule has 1 aliphatic heterocycles. The van der Waals surface area contributed by atoms with Gasteiger partial charge in [-0.05, 0) is 74.0 Å². The molecule has 0 aromatic carbocycles. The van der Waals surface area contributed by atoms with Crippen molar-refractivity contribution in [2.75, 3.05) is 0 Å². The van der Waals surface area contributed by atoms with Gasteiger partial charge in [0.2, 0.25) is 0 Å². The third-order valence-corrected chi connectivity index (χ3v) is 9.11. The van der Waals surface area contributed by atoms with Gasteiger partial charge in [0.1, 0.15) is 5.60 Å². The lowest BCUT2D eigenvalue weighted by Crippen LogP contribution is -2.49. The van der Waals surface area contributed by atoms with Crippen LogP contribution in [0.2, 0.25) is 0 Å². The maximum atomic E-state index is 12.5. The molecule has 4 aliphatic carbocycles. The minimum absolute atomic E-state index is 0.0164. The quantitative estimate of drug-likeness (QED) is 0.214. The van der Waals surface area contributed by atoms with Gasteiger partial charge in [-0.1, -0.05) is 31.1 Å². The summed E-state index contributed by atoms with van der Waals surface area (Å²) in [7, 11) is 0. The molecule has 28 heavy (non-hydrogen) atoms. The molecule has 5 rings (SSSR count). The van der Waals surface area contributed by atoms with E-state index >= 15 is 0 Å². The van der Waals surface area contributed by atoms with E-state index in [1.807, 2.05) is 6.08 Å². The smallest absolute Gasteiger partial charge is 0.253 e. The van der Waals surface area contributed by atoms with Crippen LogP contribution in [-0.2, 0) is 14.3 Å². The molecular weight excluding hydrogens is 354 g/mol. The number of rotatable bonds is 1. The summed E-state index contributed by atoms with van der Waals surface area (Å²) in [5, 5.41) is 3.36. The Balaban J connectivity index is 1.53. The Hall–Kier alpha value is -1.91. The number of carbonyl (C=O) groups is 2. The van der Waals surface area contributed by atoms with E-state index in [-0.39, 0.29) is 16.6 Å². The fourth-order valence-electron chi connectivity index (χ4n) is 7.48. The predicted octanol–water partition coefficient (Wildman–Crippen LogP) is 4.80. The number of nitrogens with zero attached hydrogens (tertiary/aromatic N) is 3. The Morgan fingerprint density at radius 2 is 2.04 bits per heavy atom. The highest BCUT2D eigenvalue weighted by Gasteiger charge is 2.81. The molecular formula is C22H27N3O3. The van der Waals surface area contributed by atoms with Crippen molar-refractivity contribution in [3.05, 3.63) is 33.7 Å². The Morgan fingerprint density at radius 1 is 1.25 bits per heavy atom. The van der Waals surface area contributed by atoms with E-state index in [0.717, 1.165) is 38.5 Å². The monoisotopic (exact) mass is 381 g/mol. The first-order chi connectivity index (χ1) is 13.2. The SMILES string of the molecule is C[C@]12CCC(=O)C=C1CC[C@@H]1C2=CC[C@@]2(C)[C@H]1CC[C@@]21O[C@]1(C)C(=O)N=[N+]=[N-]. The normalized spacial score (nSPS) is 48.6. The number of allylic oxidation sites excluding steroid dienone is 4. The molecule has 2 saturated carbocycles. The summed E-state index contributed by atoms with van der Waals surface area (Å²) in [6.45, 7) is 6.39. The number of epoxide rings is 1. The van der Waals surface area contributed by atoms with E-state index in [9.17, 15) is 9.59 Å². The molecule has 0 radical (unpaired) electrons. The van der Waals surface area contributed by atoms with Crippen LogP contribution in [0.1, 0.15) is 65.7 Å². The molecule has 6 heteroatoms. The molecule has 5 aliphatic rings. The zero-order valence-electron chi connectivity index (χ0n) is 16.8. The zero-order valence-corrected chi connectivity index (χ0v) is 16.8. The minimum atomic E-state index is -0.991. The summed E-state index contributed by atoms with van der Waals surface area (Å²) >= 11 is 0. The van der Waals surface area contributed by atoms with Crippen LogP contribution >= 0.6 is 0 Å². The van der Waals surface area contributed by atoms with Crippen LogP contribution in [0.5, 0.6) is 0 Å². The summed E-state index contributed by atoms with van der Waals surface area (Å²) in [5.41, 5.74) is 9.92. The van der Waals surface area contributed by atoms with Crippen LogP contribution < -0.4 is 0 Å². The zero-order chi connectivity index (χ0) is 19.9. The van der Waals surface area contributed by atoms with Gasteiger partial charge in [-0.3, -0.25) is 9.59 Å². The molecule has 3 fully saturated rings. The molecule has 1 heterocycles. The van der Waals surface area contributed by atoms with Crippen molar-refractivity contribution < 1.29 is 14.3 Å². The van der Waals surface area contributed by atoms with Crippen molar-refractivity contribution in [1.29, 1.82) is 0 Å². The molecule has 148 valence electrons. The highest BCUT2D eigenvalue weighted by Crippen LogP contribution is 2.74. The van der Waals surface area contributed by atoms with Crippen LogP contribution in [0, 0.1) is 22.7 Å². The molecule has 0 bridgehead atoms. The van der Waals surface area contributed by atoms with E-state index in [1.165, 1.54) is 11.1 Å². The third-order valence-electron chi connectivity index (χ3n) is 9.11. The molecule has 1 saturated heterocycles. The first-order valence-corrected chi connectivity index (χ1v) is 10.5. The number of azide groups is 1. The third kappa shape index (κ3) is 1.91. The number of hydrogen-bond acceptors (Lipinski definition) is 3. The molecule has 0 aromatic heterocycles. The van der Waals surface area contributed by atoms with E-state index in [2.05, 4.69) is 29.9 Å². The van der Waals surface area contributed by atoms with Gasteiger partial charge >= 0.3 is 0 Å². The lowest BCUT2D eigenvalue weighted by Gasteiger charge is -2.53. The van der Waals surface area contributed by atoms with Gasteiger partial charge in [0.05, 0.1) is 0 Å². The first-order valence-electron chi connectivity index (χ1n) is 10.5. The van der Waals surface area contributed by atoms with Gasteiger partial charge in [-0.25, -0.2) is 0 Å². The van der Waals surface area contributed by atoms with E-state index in [0.29, 0.717) is 18.3 Å². The number of fused-ring (bicyclic) bond motifs is 6. The largest absolute Gasteiger partial charge is 0.354 e. The van der Waals surface area contributed by atoms with Gasteiger partial charge < -0.3 is 4.74 Å². The summed E-state index contributed by atoms with van der Waals surface area (Å²) in [5.74, 6) is 0.727. The summed E-state index contributed by atoms with van der Waals surface area (Å²) in [4.78, 5) is 27.1. The molecule has 0 aromatic rings. The van der Waals surface area contributed by atoms with Crippen LogP contribution in [-0.4, -0.2) is 22.9 Å². The highest BCUT2D eigenvalue weighted by atomic mass is 16.6. The van der Waals surface area contributed by atoms with Crippen LogP contribution in [0.4, 0.5) is 0 Å². The Kier molecular flexibility index (Phi) is 3.48. The van der Waals surface area contributed by atoms with Crippen molar-refractivity contribution in [1.82, 2.24) is 0 Å². The molecule has 6 nitrogen and oxygen atoms in total. The van der Waals surface area contributed by atoms with Crippen molar-refractivity contribution in [3.63, 3.8) is 0 Å². The Morgan fingerprint density at radius 3 is 2.79 bits per heavy atom. The van der Waals surface area contributed by atoms with Crippen molar-refractivity contribution in [3.8, 4) is 0 Å². The van der Waals surface area contributed by atoms with Gasteiger partial charge in [0.25, 0.3) is 5.91 Å². The molecule has 1 spiro atoms. The Labute approximate surface area is 165 Å². The average molecular weight is 381 g/mol. The maximum absolute atomic E-state index is 12.5. The standard InChI is InChI=1S/C22H27N3O3/c1-19-9-6-14(26)12-13(19)4-5-15-16(19)7-10-20(2)17(15)8-11-22(20)21(3,28-22)18(27)24-25-23/h7,12,15,17H,4-6,8-11H2,1-3H3/t15-,17+,19+,20+,21-,22-/m1/s1. The summed E-state index contributed by atoms with van der Waals surface area (Å²) in [6.07, 6.45) is 10.7. The number of carbonyl (C=O) groups excluding carboxylic acids is 2. The van der Waals surface area contributed by atoms with Crippen molar-refractivity contribution >= 4 is 11.7 Å². The van der Waals surface area contributed by atoms with Crippen molar-refractivity contribution in [2.24, 2.45) is 27.8 Å². The summed E-state index contributed by atoms with van der Waals surface area (Å²) < 4.78 is 6.17. The second kappa shape index (κ2) is 5.37. The fraction of sp³-hybridized carbons (Fsp3) is 0.727. The number of amides is 1. The molecule has 1 amide bonds.